The highest BCUT2D eigenvalue weighted by Gasteiger charge is 2.16. The predicted octanol–water partition coefficient (Wildman–Crippen LogP) is 11.7. The molecule has 2 N–H and O–H groups in total. The Morgan fingerprint density at radius 2 is 0.867 bits per heavy atom. The molecule has 5 nitrogen and oxygen atoms in total. The number of benzene rings is 1. The molecule has 0 fully saturated rings. The first-order valence-electron chi connectivity index (χ1n) is 19.5. The largest absolute Gasteiger partial charge is 0.493 e. The van der Waals surface area contributed by atoms with Crippen LogP contribution in [0, 0.1) is 0 Å². The van der Waals surface area contributed by atoms with E-state index in [0.29, 0.717) is 36.6 Å². The first-order chi connectivity index (χ1) is 22.1. The van der Waals surface area contributed by atoms with E-state index in [1.54, 1.807) is 18.2 Å². The van der Waals surface area contributed by atoms with Gasteiger partial charge >= 0.3 is 0 Å². The quantitative estimate of drug-likeness (QED) is 0.0780. The highest BCUT2D eigenvalue weighted by Crippen LogP contribution is 2.22. The van der Waals surface area contributed by atoms with Crippen LogP contribution in [-0.4, -0.2) is 31.5 Å². The van der Waals surface area contributed by atoms with Gasteiger partial charge in [-0.2, -0.15) is 0 Å². The summed E-state index contributed by atoms with van der Waals surface area (Å²) in [6, 6.07) is 5.29. The van der Waals surface area contributed by atoms with Gasteiger partial charge in [0.1, 0.15) is 5.75 Å². The molecule has 0 aromatic heterocycles. The van der Waals surface area contributed by atoms with Gasteiger partial charge in [-0.3, -0.25) is 9.59 Å². The second-order valence-corrected chi connectivity index (χ2v) is 13.2. The van der Waals surface area contributed by atoms with Crippen molar-refractivity contribution in [1.29, 1.82) is 0 Å². The summed E-state index contributed by atoms with van der Waals surface area (Å²) in [6.45, 7) is 8.67. The Hall–Kier alpha value is -2.04. The lowest BCUT2D eigenvalue weighted by Crippen LogP contribution is -2.26. The number of rotatable bonds is 32. The number of carbonyl (C=O) groups is 2. The summed E-state index contributed by atoms with van der Waals surface area (Å²) in [7, 11) is 0. The molecule has 0 atom stereocenters. The van der Waals surface area contributed by atoms with Gasteiger partial charge in [0.25, 0.3) is 11.8 Å². The Morgan fingerprint density at radius 3 is 1.31 bits per heavy atom. The smallest absolute Gasteiger partial charge is 0.255 e. The summed E-state index contributed by atoms with van der Waals surface area (Å²) in [5.74, 6) is 0.324. The standard InChI is InChI=1S/C40H72N2O3/c1-4-7-10-13-16-18-20-22-24-27-32-41-39(43)36-30-31-37(38(35-36)45-34-29-26-15-12-9-6-3)40(44)42-33-28-25-23-21-19-17-14-11-8-5-2/h30-31,35H,4-29,32-34H2,1-3H3,(H,41,43)(H,42,44). The zero-order valence-corrected chi connectivity index (χ0v) is 30.0. The first kappa shape index (κ1) is 41.0. The molecule has 1 aromatic carbocycles. The van der Waals surface area contributed by atoms with Crippen LogP contribution in [0.25, 0.3) is 0 Å². The van der Waals surface area contributed by atoms with Crippen molar-refractivity contribution < 1.29 is 14.3 Å². The third-order valence-corrected chi connectivity index (χ3v) is 8.88. The van der Waals surface area contributed by atoms with Gasteiger partial charge in [-0.25, -0.2) is 0 Å². The van der Waals surface area contributed by atoms with Crippen molar-refractivity contribution >= 4 is 11.8 Å². The van der Waals surface area contributed by atoms with Gasteiger partial charge in [-0.15, -0.1) is 0 Å². The van der Waals surface area contributed by atoms with Crippen LogP contribution in [0.1, 0.15) is 208 Å². The SMILES string of the molecule is CCCCCCCCCCCCNC(=O)c1ccc(C(=O)NCCCCCCCCCCCC)c(OCCCCCCCC)c1. The minimum absolute atomic E-state index is 0.0901. The van der Waals surface area contributed by atoms with E-state index in [1.165, 1.54) is 128 Å². The van der Waals surface area contributed by atoms with E-state index in [1.807, 2.05) is 0 Å². The fourth-order valence-corrected chi connectivity index (χ4v) is 5.86. The number of ether oxygens (including phenoxy) is 1. The van der Waals surface area contributed by atoms with Crippen LogP contribution in [0.4, 0.5) is 0 Å². The minimum Gasteiger partial charge on any atom is -0.493 e. The predicted molar refractivity (Wildman–Crippen MR) is 194 cm³/mol. The molecule has 260 valence electrons. The monoisotopic (exact) mass is 629 g/mol. The molecule has 0 aliphatic heterocycles. The van der Waals surface area contributed by atoms with Crippen LogP contribution in [-0.2, 0) is 0 Å². The van der Waals surface area contributed by atoms with Crippen molar-refractivity contribution in [3.63, 3.8) is 0 Å². The van der Waals surface area contributed by atoms with Crippen LogP contribution >= 0.6 is 0 Å². The maximum absolute atomic E-state index is 13.1. The highest BCUT2D eigenvalue weighted by atomic mass is 16.5. The first-order valence-corrected chi connectivity index (χ1v) is 19.5. The Bertz CT molecular complexity index is 841. The van der Waals surface area contributed by atoms with Crippen molar-refractivity contribution in [2.24, 2.45) is 0 Å². The van der Waals surface area contributed by atoms with E-state index in [-0.39, 0.29) is 11.8 Å². The summed E-state index contributed by atoms with van der Waals surface area (Å²) in [5, 5.41) is 6.17. The zero-order chi connectivity index (χ0) is 32.6. The molecular weight excluding hydrogens is 556 g/mol. The second-order valence-electron chi connectivity index (χ2n) is 13.2. The molecule has 45 heavy (non-hydrogen) atoms. The van der Waals surface area contributed by atoms with Gasteiger partial charge in [-0.05, 0) is 37.5 Å². The maximum atomic E-state index is 13.1. The third-order valence-electron chi connectivity index (χ3n) is 8.88. The minimum atomic E-state index is -0.110. The molecule has 0 saturated carbocycles. The van der Waals surface area contributed by atoms with E-state index in [9.17, 15) is 9.59 Å². The van der Waals surface area contributed by atoms with Crippen molar-refractivity contribution in [3.8, 4) is 5.75 Å². The number of amides is 2. The molecule has 1 rings (SSSR count). The fourth-order valence-electron chi connectivity index (χ4n) is 5.86. The topological polar surface area (TPSA) is 67.4 Å². The van der Waals surface area contributed by atoms with E-state index in [0.717, 1.165) is 38.5 Å². The Labute approximate surface area is 278 Å². The molecule has 0 radical (unpaired) electrons. The molecule has 0 heterocycles. The normalized spacial score (nSPS) is 11.1. The van der Waals surface area contributed by atoms with Gasteiger partial charge in [0.2, 0.25) is 0 Å². The molecule has 0 unspecified atom stereocenters. The Morgan fingerprint density at radius 1 is 0.489 bits per heavy atom. The van der Waals surface area contributed by atoms with E-state index in [4.69, 9.17) is 4.74 Å². The van der Waals surface area contributed by atoms with Gasteiger partial charge in [-0.1, -0.05) is 168 Å². The van der Waals surface area contributed by atoms with Crippen molar-refractivity contribution in [2.45, 2.75) is 188 Å². The van der Waals surface area contributed by atoms with E-state index < -0.39 is 0 Å². The summed E-state index contributed by atoms with van der Waals surface area (Å²) in [5.41, 5.74) is 1.09. The number of hydrogen-bond donors (Lipinski definition) is 2. The van der Waals surface area contributed by atoms with Gasteiger partial charge < -0.3 is 15.4 Å². The summed E-state index contributed by atoms with van der Waals surface area (Å²) < 4.78 is 6.13. The number of hydrogen-bond acceptors (Lipinski definition) is 3. The van der Waals surface area contributed by atoms with Gasteiger partial charge in [0.05, 0.1) is 12.2 Å². The molecular formula is C40H72N2O3. The van der Waals surface area contributed by atoms with E-state index >= 15 is 0 Å². The Balaban J connectivity index is 2.47. The molecule has 0 saturated heterocycles. The summed E-state index contributed by atoms with van der Waals surface area (Å²) in [4.78, 5) is 26.0. The van der Waals surface area contributed by atoms with Gasteiger partial charge in [0, 0.05) is 18.7 Å². The zero-order valence-electron chi connectivity index (χ0n) is 30.0. The summed E-state index contributed by atoms with van der Waals surface area (Å²) >= 11 is 0. The molecule has 0 aliphatic carbocycles. The average Bonchev–Trinajstić information content (AvgIpc) is 3.05. The molecule has 1 aromatic rings. The van der Waals surface area contributed by atoms with Crippen LogP contribution in [0.2, 0.25) is 0 Å². The summed E-state index contributed by atoms with van der Waals surface area (Å²) in [6.07, 6.45) is 32.6. The molecule has 0 aliphatic rings. The Kier molecular flexibility index (Phi) is 27.9. The fraction of sp³-hybridized carbons (Fsp3) is 0.800. The van der Waals surface area contributed by atoms with Crippen LogP contribution in [0.15, 0.2) is 18.2 Å². The van der Waals surface area contributed by atoms with Crippen LogP contribution in [0.3, 0.4) is 0 Å². The lowest BCUT2D eigenvalue weighted by Gasteiger charge is -2.14. The highest BCUT2D eigenvalue weighted by molar-refractivity contribution is 6.00. The lowest BCUT2D eigenvalue weighted by molar-refractivity contribution is 0.0937. The molecule has 0 spiro atoms. The van der Waals surface area contributed by atoms with Crippen molar-refractivity contribution in [3.05, 3.63) is 29.3 Å². The number of unbranched alkanes of at least 4 members (excludes halogenated alkanes) is 23. The molecule has 0 bridgehead atoms. The average molecular weight is 629 g/mol. The lowest BCUT2D eigenvalue weighted by atomic mass is 10.1. The molecule has 5 heteroatoms. The van der Waals surface area contributed by atoms with Crippen LogP contribution in [0.5, 0.6) is 5.75 Å². The number of nitrogens with one attached hydrogen (secondary N) is 2. The van der Waals surface area contributed by atoms with Gasteiger partial charge in [0.15, 0.2) is 0 Å². The number of carbonyl (C=O) groups excluding carboxylic acids is 2. The van der Waals surface area contributed by atoms with Crippen molar-refractivity contribution in [2.75, 3.05) is 19.7 Å². The van der Waals surface area contributed by atoms with E-state index in [2.05, 4.69) is 31.4 Å². The maximum Gasteiger partial charge on any atom is 0.255 e. The van der Waals surface area contributed by atoms with Crippen LogP contribution < -0.4 is 15.4 Å². The third kappa shape index (κ3) is 23.0. The molecule has 2 amide bonds. The second kappa shape index (κ2) is 30.6. The van der Waals surface area contributed by atoms with Crippen molar-refractivity contribution in [1.82, 2.24) is 10.6 Å².